The Morgan fingerprint density at radius 1 is 1.13 bits per heavy atom. The van der Waals surface area contributed by atoms with Crippen molar-refractivity contribution in [2.24, 2.45) is 4.99 Å². The minimum absolute atomic E-state index is 0.749. The summed E-state index contributed by atoms with van der Waals surface area (Å²) < 4.78 is 5.56. The van der Waals surface area contributed by atoms with Gasteiger partial charge in [-0.25, -0.2) is 4.99 Å². The topological polar surface area (TPSA) is 21.6 Å². The maximum Gasteiger partial charge on any atom is 0.216 e. The van der Waals surface area contributed by atoms with E-state index in [0.29, 0.717) is 0 Å². The molecule has 2 nitrogen and oxygen atoms in total. The Hall–Kier alpha value is -1.31. The molecule has 0 aromatic heterocycles. The fourth-order valence-electron chi connectivity index (χ4n) is 2.48. The van der Waals surface area contributed by atoms with E-state index >= 15 is 0 Å². The molecule has 1 aromatic rings. The van der Waals surface area contributed by atoms with Gasteiger partial charge in [-0.2, -0.15) is 0 Å². The second-order valence-electron chi connectivity index (χ2n) is 4.19. The van der Waals surface area contributed by atoms with Crippen molar-refractivity contribution in [3.63, 3.8) is 0 Å². The minimum Gasteiger partial charge on any atom is -0.476 e. The van der Waals surface area contributed by atoms with Crippen LogP contribution >= 0.6 is 0 Å². The molecule has 2 aliphatic rings. The van der Waals surface area contributed by atoms with Gasteiger partial charge < -0.3 is 4.74 Å². The normalized spacial score (nSPS) is 19.3. The largest absolute Gasteiger partial charge is 0.476 e. The fraction of sp³-hybridized carbons (Fsp3) is 0.462. The van der Waals surface area contributed by atoms with Crippen LogP contribution in [0.2, 0.25) is 0 Å². The lowest BCUT2D eigenvalue weighted by Crippen LogP contribution is -2.11. The van der Waals surface area contributed by atoms with E-state index in [4.69, 9.17) is 4.74 Å². The van der Waals surface area contributed by atoms with Crippen LogP contribution in [-0.2, 0) is 17.6 Å². The van der Waals surface area contributed by atoms with Gasteiger partial charge in [0.2, 0.25) is 5.90 Å². The third kappa shape index (κ3) is 1.54. The van der Waals surface area contributed by atoms with E-state index in [0.717, 1.165) is 19.0 Å². The lowest BCUT2D eigenvalue weighted by Gasteiger charge is -2.18. The number of nitrogens with zero attached hydrogens (tertiary/aromatic N) is 1. The molecule has 78 valence electrons. The highest BCUT2D eigenvalue weighted by Crippen LogP contribution is 2.25. The van der Waals surface area contributed by atoms with E-state index in [2.05, 4.69) is 23.2 Å². The lowest BCUT2D eigenvalue weighted by molar-refractivity contribution is 0.348. The standard InChI is InChI=1S/C13H15NO/c1-2-6-11-10(4-1)5-3-7-12(11)13-14-8-9-15-13/h3,5,7H,1-2,4,6,8-9H2. The van der Waals surface area contributed by atoms with E-state index in [1.807, 2.05) is 0 Å². The highest BCUT2D eigenvalue weighted by molar-refractivity contribution is 5.96. The minimum atomic E-state index is 0.749. The summed E-state index contributed by atoms with van der Waals surface area (Å²) in [5, 5.41) is 0. The molecule has 1 aliphatic carbocycles. The second kappa shape index (κ2) is 3.69. The first-order valence-corrected chi connectivity index (χ1v) is 5.73. The van der Waals surface area contributed by atoms with Gasteiger partial charge in [-0.05, 0) is 42.9 Å². The number of hydrogen-bond acceptors (Lipinski definition) is 2. The molecular formula is C13H15NO. The molecule has 0 unspecified atom stereocenters. The molecule has 1 aromatic carbocycles. The molecule has 3 rings (SSSR count). The fourth-order valence-corrected chi connectivity index (χ4v) is 2.48. The zero-order chi connectivity index (χ0) is 10.1. The maximum absolute atomic E-state index is 5.56. The number of benzene rings is 1. The van der Waals surface area contributed by atoms with Crippen LogP contribution < -0.4 is 0 Å². The number of aryl methyl sites for hydroxylation is 1. The molecule has 0 N–H and O–H groups in total. The number of rotatable bonds is 1. The van der Waals surface area contributed by atoms with Crippen molar-refractivity contribution < 1.29 is 4.74 Å². The van der Waals surface area contributed by atoms with Gasteiger partial charge in [0.15, 0.2) is 0 Å². The average molecular weight is 201 g/mol. The Bertz CT molecular complexity index is 409. The summed E-state index contributed by atoms with van der Waals surface area (Å²) in [5.41, 5.74) is 4.21. The number of aliphatic imine (C=N–C) groups is 1. The van der Waals surface area contributed by atoms with Crippen molar-refractivity contribution in [2.45, 2.75) is 25.7 Å². The molecule has 0 bridgehead atoms. The van der Waals surface area contributed by atoms with Gasteiger partial charge in [0, 0.05) is 5.56 Å². The first-order valence-electron chi connectivity index (χ1n) is 5.73. The Morgan fingerprint density at radius 3 is 2.93 bits per heavy atom. The van der Waals surface area contributed by atoms with Gasteiger partial charge in [0.05, 0.1) is 6.54 Å². The molecule has 1 aliphatic heterocycles. The van der Waals surface area contributed by atoms with Crippen LogP contribution in [0.15, 0.2) is 23.2 Å². The molecule has 0 atom stereocenters. The maximum atomic E-state index is 5.56. The van der Waals surface area contributed by atoms with Gasteiger partial charge >= 0.3 is 0 Å². The summed E-state index contributed by atoms with van der Waals surface area (Å²) in [7, 11) is 0. The molecule has 1 heterocycles. The molecule has 0 saturated carbocycles. The van der Waals surface area contributed by atoms with Crippen LogP contribution in [0.1, 0.15) is 29.5 Å². The Labute approximate surface area is 90.0 Å². The highest BCUT2D eigenvalue weighted by atomic mass is 16.5. The van der Waals surface area contributed by atoms with Crippen LogP contribution in [0.3, 0.4) is 0 Å². The predicted octanol–water partition coefficient (Wildman–Crippen LogP) is 2.34. The van der Waals surface area contributed by atoms with Gasteiger partial charge in [0.25, 0.3) is 0 Å². The van der Waals surface area contributed by atoms with E-state index < -0.39 is 0 Å². The smallest absolute Gasteiger partial charge is 0.216 e. The summed E-state index contributed by atoms with van der Waals surface area (Å²) in [6, 6.07) is 6.52. The van der Waals surface area contributed by atoms with Crippen LogP contribution in [0.25, 0.3) is 0 Å². The van der Waals surface area contributed by atoms with Crippen molar-refractivity contribution in [1.82, 2.24) is 0 Å². The zero-order valence-corrected chi connectivity index (χ0v) is 8.83. The molecule has 15 heavy (non-hydrogen) atoms. The second-order valence-corrected chi connectivity index (χ2v) is 4.19. The Balaban J connectivity index is 2.06. The van der Waals surface area contributed by atoms with E-state index in [9.17, 15) is 0 Å². The van der Waals surface area contributed by atoms with Crippen molar-refractivity contribution in [3.05, 3.63) is 34.9 Å². The molecular weight excluding hydrogens is 186 g/mol. The summed E-state index contributed by atoms with van der Waals surface area (Å²) in [6.45, 7) is 1.57. The summed E-state index contributed by atoms with van der Waals surface area (Å²) >= 11 is 0. The highest BCUT2D eigenvalue weighted by Gasteiger charge is 2.18. The molecule has 0 saturated heterocycles. The van der Waals surface area contributed by atoms with Crippen LogP contribution in [0.5, 0.6) is 0 Å². The summed E-state index contributed by atoms with van der Waals surface area (Å²) in [6.07, 6.45) is 5.03. The first kappa shape index (κ1) is 8.96. The van der Waals surface area contributed by atoms with Gasteiger partial charge in [-0.1, -0.05) is 12.1 Å². The van der Waals surface area contributed by atoms with Gasteiger partial charge in [-0.15, -0.1) is 0 Å². The number of fused-ring (bicyclic) bond motifs is 1. The lowest BCUT2D eigenvalue weighted by atomic mass is 9.88. The molecule has 2 heteroatoms. The van der Waals surface area contributed by atoms with Crippen molar-refractivity contribution in [3.8, 4) is 0 Å². The number of ether oxygens (including phenoxy) is 1. The van der Waals surface area contributed by atoms with E-state index in [-0.39, 0.29) is 0 Å². The third-order valence-electron chi connectivity index (χ3n) is 3.21. The van der Waals surface area contributed by atoms with E-state index in [1.54, 1.807) is 0 Å². The zero-order valence-electron chi connectivity index (χ0n) is 8.83. The Morgan fingerprint density at radius 2 is 2.07 bits per heavy atom. The quantitative estimate of drug-likeness (QED) is 0.683. The Kier molecular flexibility index (Phi) is 2.20. The summed E-state index contributed by atoms with van der Waals surface area (Å²) in [4.78, 5) is 4.41. The van der Waals surface area contributed by atoms with Crippen molar-refractivity contribution in [2.75, 3.05) is 13.2 Å². The molecule has 0 amide bonds. The van der Waals surface area contributed by atoms with Crippen molar-refractivity contribution >= 4 is 5.90 Å². The summed E-state index contributed by atoms with van der Waals surface area (Å²) in [5.74, 6) is 0.869. The third-order valence-corrected chi connectivity index (χ3v) is 3.21. The van der Waals surface area contributed by atoms with E-state index in [1.165, 1.54) is 42.4 Å². The average Bonchev–Trinajstić information content (AvgIpc) is 2.82. The molecule has 0 radical (unpaired) electrons. The number of hydrogen-bond donors (Lipinski definition) is 0. The van der Waals surface area contributed by atoms with Crippen LogP contribution in [0, 0.1) is 0 Å². The van der Waals surface area contributed by atoms with Crippen molar-refractivity contribution in [1.29, 1.82) is 0 Å². The first-order chi connectivity index (χ1) is 7.45. The monoisotopic (exact) mass is 201 g/mol. The van der Waals surface area contributed by atoms with Crippen LogP contribution in [0.4, 0.5) is 0 Å². The molecule has 0 spiro atoms. The van der Waals surface area contributed by atoms with Gasteiger partial charge in [-0.3, -0.25) is 0 Å². The SMILES string of the molecule is c1cc2c(c(C3=NCCO3)c1)CCCC2. The van der Waals surface area contributed by atoms with Crippen LogP contribution in [-0.4, -0.2) is 19.0 Å². The molecule has 0 fully saturated rings. The predicted molar refractivity (Wildman–Crippen MR) is 60.4 cm³/mol. The van der Waals surface area contributed by atoms with Gasteiger partial charge in [0.1, 0.15) is 6.61 Å².